The molecule has 2 saturated heterocycles. The molecule has 2 aliphatic heterocycles. The second-order valence-electron chi connectivity index (χ2n) is 6.49. The largest absolute Gasteiger partial charge is 0.345 e. The van der Waals surface area contributed by atoms with Crippen molar-refractivity contribution in [1.82, 2.24) is 24.6 Å². The van der Waals surface area contributed by atoms with Crippen LogP contribution in [-0.4, -0.2) is 51.3 Å². The molecule has 2 aliphatic rings. The highest BCUT2D eigenvalue weighted by atomic mass is 16.2. The Morgan fingerprint density at radius 1 is 1.30 bits per heavy atom. The van der Waals surface area contributed by atoms with Gasteiger partial charge in [0.1, 0.15) is 5.82 Å². The van der Waals surface area contributed by atoms with Crippen LogP contribution in [0.1, 0.15) is 50.8 Å². The van der Waals surface area contributed by atoms with E-state index in [0.29, 0.717) is 25.4 Å². The zero-order valence-corrected chi connectivity index (χ0v) is 14.0. The van der Waals surface area contributed by atoms with E-state index in [2.05, 4.69) is 10.4 Å². The van der Waals surface area contributed by atoms with Crippen molar-refractivity contribution in [2.45, 2.75) is 58.0 Å². The van der Waals surface area contributed by atoms with E-state index in [1.165, 1.54) is 4.68 Å². The van der Waals surface area contributed by atoms with E-state index in [1.54, 1.807) is 4.57 Å². The number of hydrogen-bond donors (Lipinski definition) is 1. The summed E-state index contributed by atoms with van der Waals surface area (Å²) >= 11 is 0. The molecule has 0 saturated carbocycles. The molecule has 3 rings (SSSR count). The highest BCUT2D eigenvalue weighted by molar-refractivity contribution is 5.76. The molecule has 128 valence electrons. The molecule has 0 aliphatic carbocycles. The van der Waals surface area contributed by atoms with Crippen molar-refractivity contribution >= 4 is 5.91 Å². The topological polar surface area (TPSA) is 72.2 Å². The summed E-state index contributed by atoms with van der Waals surface area (Å²) in [6, 6.07) is 0. The first-order valence-electron chi connectivity index (χ1n) is 8.86. The van der Waals surface area contributed by atoms with Crippen LogP contribution in [0.5, 0.6) is 0 Å². The van der Waals surface area contributed by atoms with Crippen LogP contribution >= 0.6 is 0 Å². The number of likely N-dealkylation sites (tertiary alicyclic amines) is 1. The maximum absolute atomic E-state index is 12.5. The third-order valence-electron chi connectivity index (χ3n) is 4.93. The van der Waals surface area contributed by atoms with Crippen molar-refractivity contribution in [3.63, 3.8) is 0 Å². The second-order valence-corrected chi connectivity index (χ2v) is 6.49. The summed E-state index contributed by atoms with van der Waals surface area (Å²) in [4.78, 5) is 26.6. The number of nitrogens with one attached hydrogen (secondary N) is 1. The highest BCUT2D eigenvalue weighted by Crippen LogP contribution is 2.20. The summed E-state index contributed by atoms with van der Waals surface area (Å²) < 4.78 is 3.25. The highest BCUT2D eigenvalue weighted by Gasteiger charge is 2.24. The Morgan fingerprint density at radius 3 is 2.74 bits per heavy atom. The van der Waals surface area contributed by atoms with E-state index in [1.807, 2.05) is 11.8 Å². The van der Waals surface area contributed by atoms with Gasteiger partial charge in [-0.3, -0.25) is 9.36 Å². The third-order valence-corrected chi connectivity index (χ3v) is 4.93. The molecule has 0 aromatic carbocycles. The Balaban J connectivity index is 1.70. The van der Waals surface area contributed by atoms with Crippen LogP contribution in [-0.2, 0) is 17.9 Å². The molecule has 1 aromatic rings. The maximum Gasteiger partial charge on any atom is 0.345 e. The normalized spacial score (nSPS) is 21.8. The van der Waals surface area contributed by atoms with Gasteiger partial charge in [0.05, 0.1) is 6.54 Å². The van der Waals surface area contributed by atoms with Crippen molar-refractivity contribution in [3.8, 4) is 0 Å². The van der Waals surface area contributed by atoms with Crippen LogP contribution in [0, 0.1) is 0 Å². The number of rotatable bonds is 5. The van der Waals surface area contributed by atoms with Gasteiger partial charge in [0.2, 0.25) is 5.91 Å². The third kappa shape index (κ3) is 3.49. The zero-order valence-electron chi connectivity index (χ0n) is 14.0. The Bertz CT molecular complexity index is 594. The first kappa shape index (κ1) is 16.2. The maximum atomic E-state index is 12.5. The van der Waals surface area contributed by atoms with Crippen molar-refractivity contribution in [3.05, 3.63) is 16.3 Å². The van der Waals surface area contributed by atoms with E-state index >= 15 is 0 Å². The lowest BCUT2D eigenvalue weighted by atomic mass is 9.99. The quantitative estimate of drug-likeness (QED) is 0.859. The first-order chi connectivity index (χ1) is 11.2. The van der Waals surface area contributed by atoms with Gasteiger partial charge in [0.15, 0.2) is 0 Å². The fourth-order valence-electron chi connectivity index (χ4n) is 3.60. The summed E-state index contributed by atoms with van der Waals surface area (Å²) in [6.45, 7) is 6.62. The molecule has 7 nitrogen and oxygen atoms in total. The number of piperidine rings is 1. The summed E-state index contributed by atoms with van der Waals surface area (Å²) in [7, 11) is 0. The number of carbonyl (C=O) groups is 1. The molecular formula is C16H27N5O2. The molecule has 0 bridgehead atoms. The first-order valence-corrected chi connectivity index (χ1v) is 8.86. The second kappa shape index (κ2) is 7.29. The van der Waals surface area contributed by atoms with Crippen LogP contribution in [0.3, 0.4) is 0 Å². The van der Waals surface area contributed by atoms with Crippen LogP contribution in [0.2, 0.25) is 0 Å². The Kier molecular flexibility index (Phi) is 5.15. The number of hydrogen-bond acceptors (Lipinski definition) is 4. The van der Waals surface area contributed by atoms with Crippen LogP contribution < -0.4 is 11.0 Å². The lowest BCUT2D eigenvalue weighted by molar-refractivity contribution is -0.130. The summed E-state index contributed by atoms with van der Waals surface area (Å²) in [6.07, 6.45) is 4.73. The molecule has 1 N–H and O–H groups in total. The molecule has 7 heteroatoms. The molecule has 1 aromatic heterocycles. The van der Waals surface area contributed by atoms with E-state index < -0.39 is 0 Å². The fourth-order valence-corrected chi connectivity index (χ4v) is 3.60. The van der Waals surface area contributed by atoms with Crippen molar-refractivity contribution in [2.24, 2.45) is 0 Å². The van der Waals surface area contributed by atoms with Gasteiger partial charge in [0, 0.05) is 38.5 Å². The minimum atomic E-state index is -0.0812. The number of aryl methyl sites for hydroxylation is 1. The SMILES string of the molecule is CCn1c(C2CCCNC2)nn(CCC(=O)N2CCCC2)c1=O. The number of aromatic nitrogens is 3. The fraction of sp³-hybridized carbons (Fsp3) is 0.812. The standard InChI is InChI=1S/C16H27N5O2/c1-2-20-15(13-6-5-8-17-12-13)18-21(16(20)23)11-7-14(22)19-9-3-4-10-19/h13,17H,2-12H2,1H3. The lowest BCUT2D eigenvalue weighted by Crippen LogP contribution is -2.32. The molecule has 0 radical (unpaired) electrons. The predicted octanol–water partition coefficient (Wildman–Crippen LogP) is 0.544. The van der Waals surface area contributed by atoms with Gasteiger partial charge in [0.25, 0.3) is 0 Å². The van der Waals surface area contributed by atoms with Crippen LogP contribution in [0.15, 0.2) is 4.79 Å². The average molecular weight is 321 g/mol. The van der Waals surface area contributed by atoms with Gasteiger partial charge in [-0.15, -0.1) is 0 Å². The molecular weight excluding hydrogens is 294 g/mol. The predicted molar refractivity (Wildman–Crippen MR) is 87.4 cm³/mol. The molecule has 1 unspecified atom stereocenters. The van der Waals surface area contributed by atoms with Gasteiger partial charge in [-0.2, -0.15) is 5.10 Å². The van der Waals surface area contributed by atoms with Gasteiger partial charge >= 0.3 is 5.69 Å². The molecule has 0 spiro atoms. The zero-order chi connectivity index (χ0) is 16.2. The van der Waals surface area contributed by atoms with E-state index in [-0.39, 0.29) is 11.6 Å². The van der Waals surface area contributed by atoms with Crippen molar-refractivity contribution in [1.29, 1.82) is 0 Å². The van der Waals surface area contributed by atoms with E-state index in [0.717, 1.165) is 57.7 Å². The molecule has 3 heterocycles. The molecule has 1 amide bonds. The van der Waals surface area contributed by atoms with E-state index in [4.69, 9.17) is 0 Å². The average Bonchev–Trinajstić information content (AvgIpc) is 3.22. The van der Waals surface area contributed by atoms with E-state index in [9.17, 15) is 9.59 Å². The smallest absolute Gasteiger partial charge is 0.343 e. The van der Waals surface area contributed by atoms with Gasteiger partial charge in [-0.05, 0) is 39.2 Å². The van der Waals surface area contributed by atoms with Gasteiger partial charge in [-0.25, -0.2) is 9.48 Å². The number of amides is 1. The molecule has 1 atom stereocenters. The lowest BCUT2D eigenvalue weighted by Gasteiger charge is -2.21. The summed E-state index contributed by atoms with van der Waals surface area (Å²) in [5.74, 6) is 1.31. The Labute approximate surface area is 136 Å². The molecule has 2 fully saturated rings. The number of nitrogens with zero attached hydrogens (tertiary/aromatic N) is 4. The monoisotopic (exact) mass is 321 g/mol. The minimum absolute atomic E-state index is 0.0812. The Morgan fingerprint density at radius 2 is 2.09 bits per heavy atom. The van der Waals surface area contributed by atoms with Crippen molar-refractivity contribution < 1.29 is 4.79 Å². The van der Waals surface area contributed by atoms with Crippen LogP contribution in [0.4, 0.5) is 0 Å². The molecule has 23 heavy (non-hydrogen) atoms. The Hall–Kier alpha value is -1.63. The minimum Gasteiger partial charge on any atom is -0.343 e. The van der Waals surface area contributed by atoms with Crippen molar-refractivity contribution in [2.75, 3.05) is 26.2 Å². The number of carbonyl (C=O) groups excluding carboxylic acids is 1. The summed E-state index contributed by atoms with van der Waals surface area (Å²) in [5.41, 5.74) is -0.0812. The van der Waals surface area contributed by atoms with Gasteiger partial charge in [-0.1, -0.05) is 0 Å². The van der Waals surface area contributed by atoms with Gasteiger partial charge < -0.3 is 10.2 Å². The summed E-state index contributed by atoms with van der Waals surface area (Å²) in [5, 5.41) is 7.93. The van der Waals surface area contributed by atoms with Crippen LogP contribution in [0.25, 0.3) is 0 Å².